The Bertz CT molecular complexity index is 1140. The van der Waals surface area contributed by atoms with E-state index in [1.165, 1.54) is 12.1 Å². The zero-order chi connectivity index (χ0) is 23.8. The topological polar surface area (TPSA) is 78.3 Å². The maximum absolute atomic E-state index is 12.8. The molecule has 0 aliphatic carbocycles. The van der Waals surface area contributed by atoms with Gasteiger partial charge in [-0.3, -0.25) is 9.69 Å². The summed E-state index contributed by atoms with van der Waals surface area (Å²) >= 11 is 0. The summed E-state index contributed by atoms with van der Waals surface area (Å²) in [6, 6.07) is 10.1. The van der Waals surface area contributed by atoms with Crippen molar-refractivity contribution in [2.75, 3.05) is 37.4 Å². The second-order valence-corrected chi connectivity index (χ2v) is 8.53. The van der Waals surface area contributed by atoms with Crippen molar-refractivity contribution in [1.82, 2.24) is 9.88 Å². The van der Waals surface area contributed by atoms with Crippen molar-refractivity contribution in [3.63, 3.8) is 0 Å². The highest BCUT2D eigenvalue weighted by Gasteiger charge is 2.31. The molecule has 1 saturated heterocycles. The van der Waals surface area contributed by atoms with Crippen LogP contribution < -0.4 is 14.9 Å². The van der Waals surface area contributed by atoms with Crippen LogP contribution in [0, 0.1) is 5.21 Å². The Kier molecular flexibility index (Phi) is 6.20. The molecule has 3 aromatic rings. The molecule has 0 saturated carbocycles. The number of nitrogens with zero attached hydrogens (tertiary/aromatic N) is 3. The van der Waals surface area contributed by atoms with Gasteiger partial charge in [-0.25, -0.2) is 9.71 Å². The zero-order valence-corrected chi connectivity index (χ0v) is 18.4. The highest BCUT2D eigenvalue weighted by molar-refractivity contribution is 5.93. The minimum atomic E-state index is -4.38. The van der Waals surface area contributed by atoms with Gasteiger partial charge < -0.3 is 15.4 Å². The number of aryl methyl sites for hydroxylation is 1. The summed E-state index contributed by atoms with van der Waals surface area (Å²) in [6.07, 6.45) is -2.96. The number of likely N-dealkylation sites (N-methyl/N-ethyl adjacent to an activating group) is 2. The molecule has 2 N–H and O–H groups in total. The Morgan fingerprint density at radius 2 is 2.00 bits per heavy atom. The number of hydrogen-bond donors (Lipinski definition) is 2. The van der Waals surface area contributed by atoms with Crippen LogP contribution in [-0.2, 0) is 17.4 Å². The van der Waals surface area contributed by atoms with Crippen molar-refractivity contribution < 1.29 is 22.7 Å². The molecule has 1 amide bonds. The quantitative estimate of drug-likeness (QED) is 0.435. The molecule has 176 valence electrons. The molecule has 7 nitrogen and oxygen atoms in total. The molecule has 2 heterocycles. The van der Waals surface area contributed by atoms with Crippen molar-refractivity contribution in [2.24, 2.45) is 0 Å². The number of hydrogen-bond acceptors (Lipinski definition) is 4. The Labute approximate surface area is 189 Å². The number of halogens is 3. The Balaban J connectivity index is 1.40. The lowest BCUT2D eigenvalue weighted by atomic mass is 10.1. The predicted molar refractivity (Wildman–Crippen MR) is 120 cm³/mol. The molecule has 1 aliphatic heterocycles. The van der Waals surface area contributed by atoms with E-state index in [1.807, 2.05) is 11.9 Å². The van der Waals surface area contributed by atoms with Gasteiger partial charge >= 0.3 is 12.1 Å². The molecule has 1 aromatic heterocycles. The molecular weight excluding hydrogens is 435 g/mol. The summed E-state index contributed by atoms with van der Waals surface area (Å²) < 4.78 is 38.8. The molecule has 1 aliphatic rings. The molecule has 10 heteroatoms. The number of imidazole rings is 1. The first-order chi connectivity index (χ1) is 15.6. The van der Waals surface area contributed by atoms with Gasteiger partial charge in [-0.1, -0.05) is 12.1 Å². The summed E-state index contributed by atoms with van der Waals surface area (Å²) in [7, 11) is 3.95. The third kappa shape index (κ3) is 5.05. The summed E-state index contributed by atoms with van der Waals surface area (Å²) in [5.74, 6) is 0.193. The van der Waals surface area contributed by atoms with Gasteiger partial charge in [0.05, 0.1) is 18.7 Å². The number of fused-ring (bicyclic) bond motifs is 1. The second-order valence-electron chi connectivity index (χ2n) is 8.53. The predicted octanol–water partition coefficient (Wildman–Crippen LogP) is 3.53. The van der Waals surface area contributed by atoms with Gasteiger partial charge in [-0.15, -0.1) is 0 Å². The molecule has 1 unspecified atom stereocenters. The maximum atomic E-state index is 12.8. The van der Waals surface area contributed by atoms with Gasteiger partial charge in [-0.05, 0) is 49.7 Å². The van der Waals surface area contributed by atoms with E-state index in [9.17, 15) is 23.2 Å². The molecule has 4 rings (SSSR count). The van der Waals surface area contributed by atoms with Gasteiger partial charge in [-0.2, -0.15) is 13.2 Å². The van der Waals surface area contributed by atoms with Crippen molar-refractivity contribution in [3.8, 4) is 0 Å². The van der Waals surface area contributed by atoms with E-state index >= 15 is 0 Å². The average molecular weight is 461 g/mol. The molecular formula is C23H26F3N5O2. The number of nitrogens with one attached hydrogen (secondary N) is 2. The number of likely N-dealkylation sites (tertiary alicyclic amines) is 1. The SMILES string of the molecule is CN1CCC(N(C)c2[nH]c3cc(NC(=O)CCc4ccc(C(F)(F)F)cc4)ccc3[n+]2[O-])C1. The van der Waals surface area contributed by atoms with Crippen LogP contribution in [0.15, 0.2) is 42.5 Å². The normalized spacial score (nSPS) is 16.9. The first-order valence-electron chi connectivity index (χ1n) is 10.7. The third-order valence-electron chi connectivity index (χ3n) is 6.11. The summed E-state index contributed by atoms with van der Waals surface area (Å²) in [6.45, 7) is 1.86. The zero-order valence-electron chi connectivity index (χ0n) is 18.4. The smallest absolute Gasteiger partial charge is 0.416 e. The van der Waals surface area contributed by atoms with E-state index in [1.54, 1.807) is 18.2 Å². The van der Waals surface area contributed by atoms with E-state index in [-0.39, 0.29) is 18.4 Å². The van der Waals surface area contributed by atoms with Gasteiger partial charge in [0, 0.05) is 31.3 Å². The first-order valence-corrected chi connectivity index (χ1v) is 10.7. The summed E-state index contributed by atoms with van der Waals surface area (Å²) in [5, 5.41) is 15.5. The van der Waals surface area contributed by atoms with Crippen LogP contribution in [0.4, 0.5) is 24.8 Å². The van der Waals surface area contributed by atoms with Crippen LogP contribution in [0.5, 0.6) is 0 Å². The Hall–Kier alpha value is -3.27. The number of aromatic nitrogens is 2. The fourth-order valence-corrected chi connectivity index (χ4v) is 4.15. The van der Waals surface area contributed by atoms with Crippen LogP contribution in [0.2, 0.25) is 0 Å². The fourth-order valence-electron chi connectivity index (χ4n) is 4.15. The highest BCUT2D eigenvalue weighted by atomic mass is 19.4. The highest BCUT2D eigenvalue weighted by Crippen LogP contribution is 2.29. The van der Waals surface area contributed by atoms with Crippen molar-refractivity contribution in [1.29, 1.82) is 0 Å². The summed E-state index contributed by atoms with van der Waals surface area (Å²) in [4.78, 5) is 19.7. The molecule has 1 atom stereocenters. The van der Waals surface area contributed by atoms with E-state index in [4.69, 9.17) is 0 Å². The van der Waals surface area contributed by atoms with E-state index in [0.29, 0.717) is 34.7 Å². The fraction of sp³-hybridized carbons (Fsp3) is 0.391. The molecule has 1 fully saturated rings. The minimum absolute atomic E-state index is 0.124. The molecule has 0 bridgehead atoms. The number of aromatic amines is 1. The number of anilines is 2. The van der Waals surface area contributed by atoms with Crippen LogP contribution in [0.25, 0.3) is 11.0 Å². The maximum Gasteiger partial charge on any atom is 0.416 e. The third-order valence-corrected chi connectivity index (χ3v) is 6.11. The van der Waals surface area contributed by atoms with Crippen LogP contribution in [-0.4, -0.2) is 49.0 Å². The van der Waals surface area contributed by atoms with Gasteiger partial charge in [0.25, 0.3) is 0 Å². The van der Waals surface area contributed by atoms with Gasteiger partial charge in [0.15, 0.2) is 0 Å². The lowest BCUT2D eigenvalue weighted by Gasteiger charge is -2.20. The number of alkyl halides is 3. The number of H-pyrrole nitrogens is 1. The first kappa shape index (κ1) is 22.9. The monoisotopic (exact) mass is 461 g/mol. The lowest BCUT2D eigenvalue weighted by molar-refractivity contribution is -0.563. The van der Waals surface area contributed by atoms with E-state index in [0.717, 1.165) is 36.4 Å². The number of rotatable bonds is 6. The largest absolute Gasteiger partial charge is 0.740 e. The molecule has 0 spiro atoms. The van der Waals surface area contributed by atoms with Gasteiger partial charge in [0.2, 0.25) is 5.91 Å². The molecule has 33 heavy (non-hydrogen) atoms. The van der Waals surface area contributed by atoms with E-state index in [2.05, 4.69) is 22.2 Å². The summed E-state index contributed by atoms with van der Waals surface area (Å²) in [5.41, 5.74) is 1.56. The Morgan fingerprint density at radius 1 is 1.27 bits per heavy atom. The van der Waals surface area contributed by atoms with Crippen LogP contribution in [0.3, 0.4) is 0 Å². The van der Waals surface area contributed by atoms with Gasteiger partial charge in [0.1, 0.15) is 11.0 Å². The number of benzene rings is 2. The van der Waals surface area contributed by atoms with E-state index < -0.39 is 11.7 Å². The Morgan fingerprint density at radius 3 is 2.64 bits per heavy atom. The van der Waals surface area contributed by atoms with Crippen LogP contribution >= 0.6 is 0 Å². The standard InChI is InChI=1S/C23H26F3N5O2/c1-29-12-11-18(14-29)30(2)22-28-19-13-17(8-9-20(19)31(22)33)27-21(32)10-5-15-3-6-16(7-4-15)23(24,25)26/h3-4,6-9,13,18,28H,5,10-12,14H2,1-2H3,(H,27,32). The van der Waals surface area contributed by atoms with Crippen LogP contribution in [0.1, 0.15) is 24.0 Å². The van der Waals surface area contributed by atoms with Crippen molar-refractivity contribution in [3.05, 3.63) is 58.8 Å². The molecule has 0 radical (unpaired) electrons. The van der Waals surface area contributed by atoms with Crippen molar-refractivity contribution >= 4 is 28.6 Å². The minimum Gasteiger partial charge on any atom is -0.740 e. The molecule has 2 aromatic carbocycles. The lowest BCUT2D eigenvalue weighted by Crippen LogP contribution is -2.41. The average Bonchev–Trinajstić information content (AvgIpc) is 3.34. The second kappa shape index (κ2) is 8.93. The van der Waals surface area contributed by atoms with Crippen molar-refractivity contribution in [2.45, 2.75) is 31.5 Å². The number of carbonyl (C=O) groups is 1. The number of amides is 1. The number of carbonyl (C=O) groups excluding carboxylic acids is 1.